The van der Waals surface area contributed by atoms with Crippen molar-refractivity contribution < 1.29 is 23.7 Å². The molecule has 1 heterocycles. The molecule has 2 rings (SSSR count). The molecule has 0 saturated carbocycles. The van der Waals surface area contributed by atoms with Crippen molar-refractivity contribution in [2.45, 2.75) is 17.7 Å². The predicted molar refractivity (Wildman–Crippen MR) is 93.5 cm³/mol. The molecule has 1 aromatic carbocycles. The quantitative estimate of drug-likeness (QED) is 0.313. The Bertz CT molecular complexity index is 631. The Labute approximate surface area is 148 Å². The van der Waals surface area contributed by atoms with Crippen molar-refractivity contribution in [2.75, 3.05) is 20.1 Å². The van der Waals surface area contributed by atoms with E-state index in [0.717, 1.165) is 11.1 Å². The molecule has 0 unspecified atom stereocenters. The molecule has 0 N–H and O–H groups in total. The van der Waals surface area contributed by atoms with E-state index in [0.29, 0.717) is 5.56 Å². The molecule has 1 aliphatic heterocycles. The van der Waals surface area contributed by atoms with Crippen molar-refractivity contribution in [3.63, 3.8) is 0 Å². The zero-order chi connectivity index (χ0) is 17.1. The number of carbonyl (C=O) groups excluding carboxylic acids is 3. The molecular formula is C15H17BINO5. The fourth-order valence-electron chi connectivity index (χ4n) is 2.34. The SMILES string of the molecule is Cc1ccc(C(=O)[C@H](I)B2OC(=O)CN(C)CC(=O)O2)c(C)c1. The molecule has 1 saturated heterocycles. The molecule has 1 atom stereocenters. The van der Waals surface area contributed by atoms with Crippen LogP contribution in [-0.4, -0.2) is 53.7 Å². The Balaban J connectivity index is 2.19. The van der Waals surface area contributed by atoms with Crippen LogP contribution in [0.5, 0.6) is 0 Å². The summed E-state index contributed by atoms with van der Waals surface area (Å²) >= 11 is 1.85. The van der Waals surface area contributed by atoms with Gasteiger partial charge in [-0.3, -0.25) is 19.3 Å². The van der Waals surface area contributed by atoms with Gasteiger partial charge in [-0.2, -0.15) is 0 Å². The van der Waals surface area contributed by atoms with Gasteiger partial charge in [0, 0.05) is 5.56 Å². The zero-order valence-corrected chi connectivity index (χ0v) is 15.3. The monoisotopic (exact) mass is 429 g/mol. The highest BCUT2D eigenvalue weighted by Gasteiger charge is 2.42. The van der Waals surface area contributed by atoms with Crippen LogP contribution in [-0.2, 0) is 18.9 Å². The minimum absolute atomic E-state index is 0.0211. The summed E-state index contributed by atoms with van der Waals surface area (Å²) in [5, 5.41) is 0. The maximum atomic E-state index is 12.7. The smallest absolute Gasteiger partial charge is 0.497 e. The first-order chi connectivity index (χ1) is 10.8. The number of benzene rings is 1. The van der Waals surface area contributed by atoms with Crippen LogP contribution < -0.4 is 0 Å². The molecule has 1 aromatic rings. The standard InChI is InChI=1S/C15H17BINO5/c1-9-4-5-11(10(2)6-9)14(21)15(17)16-22-12(19)7-18(3)8-13(20)23-16/h4-6,15H,7-8H2,1-3H3/t15-/m0/s1. The second kappa shape index (κ2) is 7.44. The molecule has 8 heteroatoms. The Morgan fingerprint density at radius 1 is 1.22 bits per heavy atom. The summed E-state index contributed by atoms with van der Waals surface area (Å²) in [6.45, 7) is 3.74. The number of alkyl halides is 1. The van der Waals surface area contributed by atoms with Gasteiger partial charge in [-0.15, -0.1) is 0 Å². The van der Waals surface area contributed by atoms with Gasteiger partial charge in [0.15, 0.2) is 5.78 Å². The van der Waals surface area contributed by atoms with E-state index in [-0.39, 0.29) is 18.9 Å². The third-order valence-electron chi connectivity index (χ3n) is 3.43. The average molecular weight is 429 g/mol. The fraction of sp³-hybridized carbons (Fsp3) is 0.400. The number of ketones is 1. The molecule has 6 nitrogen and oxygen atoms in total. The van der Waals surface area contributed by atoms with E-state index in [1.807, 2.05) is 48.6 Å². The van der Waals surface area contributed by atoms with Crippen LogP contribution in [0.2, 0.25) is 0 Å². The topological polar surface area (TPSA) is 72.9 Å². The number of hydrogen-bond acceptors (Lipinski definition) is 6. The van der Waals surface area contributed by atoms with E-state index in [1.54, 1.807) is 13.1 Å². The molecular weight excluding hydrogens is 412 g/mol. The number of hydrogen-bond donors (Lipinski definition) is 0. The van der Waals surface area contributed by atoms with Crippen LogP contribution >= 0.6 is 22.6 Å². The summed E-state index contributed by atoms with van der Waals surface area (Å²) in [6, 6.07) is 5.48. The van der Waals surface area contributed by atoms with E-state index in [2.05, 4.69) is 0 Å². The lowest BCUT2D eigenvalue weighted by molar-refractivity contribution is -0.145. The first-order valence-electron chi connectivity index (χ1n) is 7.11. The van der Waals surface area contributed by atoms with Gasteiger partial charge in [0.05, 0.1) is 13.1 Å². The fourth-order valence-corrected chi connectivity index (χ4v) is 2.97. The van der Waals surface area contributed by atoms with E-state index in [4.69, 9.17) is 9.31 Å². The van der Waals surface area contributed by atoms with Gasteiger partial charge in [0.2, 0.25) is 0 Å². The first kappa shape index (κ1) is 17.9. The number of likely N-dealkylation sites (N-methyl/N-ethyl adjacent to an activating group) is 1. The molecule has 122 valence electrons. The third-order valence-corrected chi connectivity index (χ3v) is 4.58. The van der Waals surface area contributed by atoms with E-state index in [1.165, 1.54) is 4.90 Å². The highest BCUT2D eigenvalue weighted by atomic mass is 127. The summed E-state index contributed by atoms with van der Waals surface area (Å²) in [7, 11) is 0.406. The molecule has 23 heavy (non-hydrogen) atoms. The Hall–Kier alpha value is -1.42. The Kier molecular flexibility index (Phi) is 5.80. The maximum absolute atomic E-state index is 12.7. The minimum Gasteiger partial charge on any atom is -0.497 e. The predicted octanol–water partition coefficient (Wildman–Crippen LogP) is 1.35. The summed E-state index contributed by atoms with van der Waals surface area (Å²) in [5.41, 5.74) is 2.41. The van der Waals surface area contributed by atoms with Gasteiger partial charge in [0.1, 0.15) is 3.82 Å². The highest BCUT2D eigenvalue weighted by Crippen LogP contribution is 2.20. The average Bonchev–Trinajstić information content (AvgIpc) is 2.43. The number of halogens is 1. The van der Waals surface area contributed by atoms with Gasteiger partial charge in [-0.05, 0) is 26.5 Å². The number of carbonyl (C=O) groups is 3. The van der Waals surface area contributed by atoms with Crippen molar-refractivity contribution in [2.24, 2.45) is 0 Å². The van der Waals surface area contributed by atoms with Crippen molar-refractivity contribution in [3.8, 4) is 0 Å². The number of aryl methyl sites for hydroxylation is 2. The zero-order valence-electron chi connectivity index (χ0n) is 13.2. The van der Waals surface area contributed by atoms with Crippen molar-refractivity contribution in [1.82, 2.24) is 4.90 Å². The first-order valence-corrected chi connectivity index (χ1v) is 8.35. The maximum Gasteiger partial charge on any atom is 0.620 e. The second-order valence-corrected chi connectivity index (χ2v) is 6.95. The summed E-state index contributed by atoms with van der Waals surface area (Å²) in [5.74, 6) is -1.29. The van der Waals surface area contributed by atoms with Crippen molar-refractivity contribution in [3.05, 3.63) is 34.9 Å². The van der Waals surface area contributed by atoms with E-state index >= 15 is 0 Å². The Morgan fingerprint density at radius 2 is 1.78 bits per heavy atom. The lowest BCUT2D eigenvalue weighted by Crippen LogP contribution is -2.48. The van der Waals surface area contributed by atoms with Crippen molar-refractivity contribution in [1.29, 1.82) is 0 Å². The lowest BCUT2D eigenvalue weighted by Gasteiger charge is -2.24. The van der Waals surface area contributed by atoms with Gasteiger partial charge in [-0.25, -0.2) is 0 Å². The number of rotatable bonds is 3. The molecule has 0 spiro atoms. The van der Waals surface area contributed by atoms with Gasteiger partial charge < -0.3 is 9.31 Å². The molecule has 0 aliphatic carbocycles. The molecule has 1 aliphatic rings. The van der Waals surface area contributed by atoms with Crippen LogP contribution in [0.3, 0.4) is 0 Å². The summed E-state index contributed by atoms with van der Waals surface area (Å²) in [6.07, 6.45) is 0. The van der Waals surface area contributed by atoms with Crippen LogP contribution in [0.15, 0.2) is 18.2 Å². The van der Waals surface area contributed by atoms with Gasteiger partial charge in [-0.1, -0.05) is 46.4 Å². The largest absolute Gasteiger partial charge is 0.620 e. The highest BCUT2D eigenvalue weighted by molar-refractivity contribution is 14.1. The summed E-state index contributed by atoms with van der Waals surface area (Å²) < 4.78 is 9.50. The van der Waals surface area contributed by atoms with Crippen LogP contribution in [0.25, 0.3) is 0 Å². The second-order valence-electron chi connectivity index (χ2n) is 5.60. The number of nitrogens with zero attached hydrogens (tertiary/aromatic N) is 1. The lowest BCUT2D eigenvalue weighted by atomic mass is 9.79. The van der Waals surface area contributed by atoms with Gasteiger partial charge >= 0.3 is 19.1 Å². The summed E-state index contributed by atoms with van der Waals surface area (Å²) in [4.78, 5) is 37.7. The van der Waals surface area contributed by atoms with E-state index < -0.39 is 22.9 Å². The molecule has 0 radical (unpaired) electrons. The molecule has 0 bridgehead atoms. The minimum atomic E-state index is -1.21. The van der Waals surface area contributed by atoms with Crippen LogP contribution in [0, 0.1) is 13.8 Å². The van der Waals surface area contributed by atoms with Crippen molar-refractivity contribution >= 4 is 47.4 Å². The normalized spacial score (nSPS) is 17.8. The number of Topliss-reactive ketones (excluding diaryl/α,β-unsaturated/α-hetero) is 1. The Morgan fingerprint density at radius 3 is 2.30 bits per heavy atom. The van der Waals surface area contributed by atoms with E-state index in [9.17, 15) is 14.4 Å². The third kappa shape index (κ3) is 4.54. The molecule has 0 aromatic heterocycles. The van der Waals surface area contributed by atoms with Gasteiger partial charge in [0.25, 0.3) is 0 Å². The molecule has 1 fully saturated rings. The molecule has 0 amide bonds. The van der Waals surface area contributed by atoms with Crippen LogP contribution in [0.1, 0.15) is 21.5 Å². The van der Waals surface area contributed by atoms with Crippen LogP contribution in [0.4, 0.5) is 0 Å².